The predicted molar refractivity (Wildman–Crippen MR) is 434 cm³/mol. The summed E-state index contributed by atoms with van der Waals surface area (Å²) >= 11 is 35.0. The maximum absolute atomic E-state index is 15.0. The maximum atomic E-state index is 15.0. The minimum Gasteiger partial charge on any atom is -0.337 e. The lowest BCUT2D eigenvalue weighted by Crippen LogP contribution is -2.13. The first-order chi connectivity index (χ1) is 49.2. The summed E-state index contributed by atoms with van der Waals surface area (Å²) in [5.74, 6) is -0.0508. The van der Waals surface area contributed by atoms with E-state index in [1.807, 2.05) is 34.8 Å². The molecule has 101 heavy (non-hydrogen) atoms. The van der Waals surface area contributed by atoms with Crippen LogP contribution in [-0.4, -0.2) is 29.4 Å². The third kappa shape index (κ3) is 14.5. The average Bonchev–Trinajstić information content (AvgIpc) is 1.51. The van der Waals surface area contributed by atoms with Gasteiger partial charge in [0, 0.05) is 61.5 Å². The third-order valence-electron chi connectivity index (χ3n) is 21.1. The van der Waals surface area contributed by atoms with E-state index in [4.69, 9.17) is 68.3 Å². The number of halogens is 4. The number of carbonyl (C=O) groups is 2. The number of allylic oxidation sites excluding steroid dienone is 5. The van der Waals surface area contributed by atoms with E-state index in [1.54, 1.807) is 46.9 Å². The zero-order valence-electron chi connectivity index (χ0n) is 58.8. The molecule has 12 rings (SSSR count). The van der Waals surface area contributed by atoms with Gasteiger partial charge >= 0.3 is 5.82 Å². The molecule has 0 radical (unpaired) electrons. The first kappa shape index (κ1) is 74.5. The fourth-order valence-electron chi connectivity index (χ4n) is 15.6. The fraction of sp³-hybridized carbons (Fsp3) is 0.463. The van der Waals surface area contributed by atoms with Crippen LogP contribution >= 0.6 is 103 Å². The van der Waals surface area contributed by atoms with E-state index >= 15 is 0 Å². The Morgan fingerprint density at radius 1 is 0.485 bits per heavy atom. The largest absolute Gasteiger partial charge is 0.528 e. The van der Waals surface area contributed by atoms with Gasteiger partial charge in [0.05, 0.1) is 87.7 Å². The number of rotatable bonds is 34. The van der Waals surface area contributed by atoms with Crippen molar-refractivity contribution in [2.75, 3.05) is 0 Å². The van der Waals surface area contributed by atoms with Crippen LogP contribution in [0.25, 0.3) is 105 Å². The van der Waals surface area contributed by atoms with Gasteiger partial charge in [-0.15, -0.1) is 45.3 Å². The van der Waals surface area contributed by atoms with Crippen LogP contribution in [0, 0.1) is 47.6 Å². The second-order valence-electron chi connectivity index (χ2n) is 27.7. The molecule has 2 unspecified atom stereocenters. The highest BCUT2D eigenvalue weighted by atomic mass is 35.5. The van der Waals surface area contributed by atoms with E-state index in [2.05, 4.69) is 72.5 Å². The molecular weight excluding hydrogens is 1430 g/mol. The number of nitrogens with zero attached hydrogens (tertiary/aromatic N) is 8. The van der Waals surface area contributed by atoms with Crippen LogP contribution in [0.15, 0.2) is 46.8 Å². The van der Waals surface area contributed by atoms with Crippen molar-refractivity contribution < 1.29 is 9.59 Å². The molecule has 19 heteroatoms. The van der Waals surface area contributed by atoms with E-state index in [1.165, 1.54) is 141 Å². The quantitative estimate of drug-likeness (QED) is 0.0171. The number of nitriles is 2. The lowest BCUT2D eigenvalue weighted by molar-refractivity contribution is 0.103. The Bertz CT molecular complexity index is 4830. The second-order valence-corrected chi connectivity index (χ2v) is 34.0. The van der Waals surface area contributed by atoms with Crippen molar-refractivity contribution in [1.82, 2.24) is 17.9 Å². The van der Waals surface area contributed by atoms with E-state index in [0.29, 0.717) is 50.8 Å². The number of Topliss-reactive ketones (excluding diaryl/α,β-unsaturated/α-hetero) is 2. The molecule has 2 aliphatic rings. The minimum atomic E-state index is -0.294. The summed E-state index contributed by atoms with van der Waals surface area (Å²) < 4.78 is 23.2. The van der Waals surface area contributed by atoms with Gasteiger partial charge in [0.25, 0.3) is 0 Å². The number of carbonyl (C=O) groups excluding carboxylic acids is 2. The summed E-state index contributed by atoms with van der Waals surface area (Å²) in [6.07, 6.45) is 35.4. The van der Waals surface area contributed by atoms with Crippen molar-refractivity contribution in [3.8, 4) is 12.1 Å². The van der Waals surface area contributed by atoms with Gasteiger partial charge in [-0.25, -0.2) is 0 Å². The van der Waals surface area contributed by atoms with Gasteiger partial charge in [0.1, 0.15) is 41.9 Å². The molecule has 0 saturated carbocycles. The number of ketones is 2. The van der Waals surface area contributed by atoms with Crippen LogP contribution in [-0.2, 0) is 25.9 Å². The van der Waals surface area contributed by atoms with Crippen molar-refractivity contribution in [1.29, 1.82) is 10.5 Å². The Labute approximate surface area is 634 Å². The number of fused-ring (bicyclic) bond motifs is 16. The van der Waals surface area contributed by atoms with Gasteiger partial charge in [-0.05, 0) is 109 Å². The molecule has 0 spiro atoms. The number of aromatic nitrogens is 4. The summed E-state index contributed by atoms with van der Waals surface area (Å²) in [6.45, 7) is 31.8. The van der Waals surface area contributed by atoms with Crippen molar-refractivity contribution in [3.05, 3.63) is 133 Å². The van der Waals surface area contributed by atoms with Gasteiger partial charge in [-0.1, -0.05) is 229 Å². The Morgan fingerprint density at radius 3 is 1.23 bits per heavy atom. The minimum absolute atomic E-state index is 0.152. The zero-order chi connectivity index (χ0) is 71.2. The number of hydrogen-bond acceptors (Lipinski definition) is 11. The molecule has 0 aliphatic heterocycles. The van der Waals surface area contributed by atoms with Crippen LogP contribution < -0.4 is 0 Å². The van der Waals surface area contributed by atoms with Gasteiger partial charge < -0.3 is 9.13 Å². The maximum Gasteiger partial charge on any atom is 0.528 e. The average molecular weight is 1520 g/mol. The van der Waals surface area contributed by atoms with Crippen molar-refractivity contribution in [2.45, 2.75) is 234 Å². The highest BCUT2D eigenvalue weighted by Gasteiger charge is 2.39. The summed E-state index contributed by atoms with van der Waals surface area (Å²) in [5, 5.41) is 24.3. The second kappa shape index (κ2) is 33.7. The fourth-order valence-corrected chi connectivity index (χ4v) is 22.8. The lowest BCUT2D eigenvalue weighted by Gasteiger charge is -2.20. The van der Waals surface area contributed by atoms with Crippen LogP contribution in [0.4, 0.5) is 0 Å². The molecule has 0 N–H and O–H groups in total. The van der Waals surface area contributed by atoms with Crippen LogP contribution in [0.1, 0.15) is 261 Å². The lowest BCUT2D eigenvalue weighted by atomic mass is 9.98. The topological polar surface area (TPSA) is 126 Å². The third-order valence-corrected chi connectivity index (χ3v) is 28.2. The standard InChI is InChI=1S/C82H86Cl4N8O2S5/c1-9-15-19-21-23-25-27-29-31-35-50-62(41-56-64(49(43-87)44-88)52-37-58(83)60(85)39-54(52)74(56)95)97-80-72-78(99-76(50)80)66-68-69(92-101-91-68)67-71(70(66)93(72)45-47(13-5)33-17-11-3)94(46-48(14-6)34-18-12-4)73-79(67)100-77-51(36-32-30-28-26-24-22-20-16-10-2)63(98-81(73)77)42-57-65(82(89-7)90-8)53-38-59(84)61(86)40-55(53)75(57)96/h37-42,47-48H,9-36,45-46H2,1-6H3/b56-41-,57-42-. The first-order valence-electron chi connectivity index (χ1n) is 36.8. The molecular formula is C82H86Cl4N8O2S5. The van der Waals surface area contributed by atoms with Crippen molar-refractivity contribution in [3.63, 3.8) is 0 Å². The number of aryl methyl sites for hydroxylation is 2. The van der Waals surface area contributed by atoms with Crippen LogP contribution in [0.5, 0.6) is 0 Å². The Hall–Kier alpha value is -6.18. The highest BCUT2D eigenvalue weighted by molar-refractivity contribution is 7.34. The Kier molecular flexibility index (Phi) is 24.9. The van der Waals surface area contributed by atoms with E-state index < -0.39 is 0 Å². The molecule has 10 aromatic rings. The summed E-state index contributed by atoms with van der Waals surface area (Å²) in [7, 11) is 0. The number of hydrogen-bond donors (Lipinski definition) is 0. The van der Waals surface area contributed by atoms with E-state index in [-0.39, 0.29) is 48.6 Å². The summed E-state index contributed by atoms with van der Waals surface area (Å²) in [6, 6.07) is 10.6. The van der Waals surface area contributed by atoms with Crippen molar-refractivity contribution >= 4 is 210 Å². The van der Waals surface area contributed by atoms with Gasteiger partial charge in [0.2, 0.25) is 0 Å². The SMILES string of the molecule is [C-]#[N+]C([N+]#[C-])=C1/C(=C/c2sc3c(sc4c5c6nsnc6c6c7sc8c(CCCCCCCCCCC)c(/C=C9\C(=O)c%10cc(Cl)c(Cl)cc%10C9=C(C#N)C#N)sc8c7n(CC(CC)CCCC)c6c5n(CC(CC)CCCC)c34)c2CCCCCCCCCCC)C(=O)c2cc(Cl)c(Cl)cc21. The smallest absolute Gasteiger partial charge is 0.337 e. The zero-order valence-corrected chi connectivity index (χ0v) is 65.9. The van der Waals surface area contributed by atoms with E-state index in [0.717, 1.165) is 157 Å². The molecule has 0 saturated heterocycles. The molecule has 2 atom stereocenters. The molecule has 7 aromatic heterocycles. The molecule has 524 valence electrons. The normalized spacial score (nSPS) is 14.6. The van der Waals surface area contributed by atoms with E-state index in [9.17, 15) is 20.1 Å². The molecule has 0 fully saturated rings. The first-order valence-corrected chi connectivity index (χ1v) is 42.3. The molecule has 0 amide bonds. The van der Waals surface area contributed by atoms with Gasteiger partial charge in [-0.3, -0.25) is 9.59 Å². The number of benzene rings is 3. The molecule has 10 nitrogen and oxygen atoms in total. The van der Waals surface area contributed by atoms with Crippen molar-refractivity contribution in [2.24, 2.45) is 11.8 Å². The highest BCUT2D eigenvalue weighted by Crippen LogP contribution is 2.57. The number of thiophene rings is 4. The van der Waals surface area contributed by atoms with Gasteiger partial charge in [-0.2, -0.15) is 29.0 Å². The summed E-state index contributed by atoms with van der Waals surface area (Å²) in [4.78, 5) is 39.2. The monoisotopic (exact) mass is 1510 g/mol. The number of unbranched alkanes of at least 4 members (excludes halogenated alkanes) is 18. The molecule has 2 aliphatic carbocycles. The van der Waals surface area contributed by atoms with Gasteiger partial charge in [0.15, 0.2) is 11.6 Å². The molecule has 3 aromatic carbocycles. The van der Waals surface area contributed by atoms with Crippen LogP contribution in [0.2, 0.25) is 20.1 Å². The predicted octanol–water partition coefficient (Wildman–Crippen LogP) is 28.5. The Balaban J connectivity index is 1.14. The summed E-state index contributed by atoms with van der Waals surface area (Å²) in [5.41, 5.74) is 11.4. The Morgan fingerprint density at radius 2 is 0.851 bits per heavy atom. The van der Waals surface area contributed by atoms with Crippen LogP contribution in [0.3, 0.4) is 0 Å². The molecule has 7 heterocycles. The molecule has 0 bridgehead atoms.